The van der Waals surface area contributed by atoms with Gasteiger partial charge in [-0.2, -0.15) is 16.5 Å². The number of amidine groups is 2. The zero-order chi connectivity index (χ0) is 56.6. The van der Waals surface area contributed by atoms with Gasteiger partial charge in [-0.25, -0.2) is 9.98 Å². The molecule has 4 aromatic carbocycles. The fraction of sp³-hybridized carbons (Fsp3) is 0.387. The van der Waals surface area contributed by atoms with E-state index in [2.05, 4.69) is 35.8 Å². The molecule has 2 aliphatic rings. The van der Waals surface area contributed by atoms with E-state index in [1.165, 1.54) is 0 Å². The largest absolute Gasteiger partial charge is 0.593 e. The molecule has 2 amide bonds. The molecular formula is C62H77ClN8O5S2. The smallest absolute Gasteiger partial charge is 0.250 e. The van der Waals surface area contributed by atoms with E-state index < -0.39 is 11.4 Å². The summed E-state index contributed by atoms with van der Waals surface area (Å²) in [7, 11) is 3.95. The summed E-state index contributed by atoms with van der Waals surface area (Å²) in [4.78, 5) is 70.4. The molecule has 4 aromatic rings. The predicted octanol–water partition coefficient (Wildman–Crippen LogP) is 12.4. The number of aliphatic imine (C=N–C) groups is 2. The lowest BCUT2D eigenvalue weighted by Crippen LogP contribution is -2.38. The zero-order valence-electron chi connectivity index (χ0n) is 47.1. The molecule has 0 aliphatic carbocycles. The van der Waals surface area contributed by atoms with Crippen molar-refractivity contribution in [1.82, 2.24) is 24.3 Å². The molecular weight excluding hydrogens is 1040 g/mol. The van der Waals surface area contributed by atoms with Crippen molar-refractivity contribution in [1.29, 1.82) is 0 Å². The van der Waals surface area contributed by atoms with Crippen LogP contribution in [0.5, 0.6) is 0 Å². The molecule has 1 unspecified atom stereocenters. The molecule has 16 heteroatoms. The van der Waals surface area contributed by atoms with Gasteiger partial charge in [0.05, 0.1) is 34.3 Å². The highest BCUT2D eigenvalue weighted by Gasteiger charge is 2.27. The van der Waals surface area contributed by atoms with E-state index in [0.717, 1.165) is 101 Å². The maximum absolute atomic E-state index is 14.3. The summed E-state index contributed by atoms with van der Waals surface area (Å²) in [5, 5.41) is 0.405. The molecule has 0 fully saturated rings. The van der Waals surface area contributed by atoms with Crippen molar-refractivity contribution in [2.75, 3.05) is 71.1 Å². The molecule has 2 heterocycles. The maximum atomic E-state index is 14.3. The van der Waals surface area contributed by atoms with Gasteiger partial charge in [0.1, 0.15) is 11.6 Å². The Morgan fingerprint density at radius 2 is 1.17 bits per heavy atom. The number of hydrogen-bond donors (Lipinski definition) is 2. The van der Waals surface area contributed by atoms with E-state index in [-0.39, 0.29) is 30.4 Å². The normalized spacial score (nSPS) is 13.8. The van der Waals surface area contributed by atoms with E-state index in [0.29, 0.717) is 94.2 Å². The van der Waals surface area contributed by atoms with Crippen molar-refractivity contribution < 1.29 is 23.7 Å². The quantitative estimate of drug-likeness (QED) is 0.0481. The molecule has 414 valence electrons. The number of allylic oxidation sites excluding steroid dienone is 2. The average molecular weight is 1110 g/mol. The molecule has 3 N–H and O–H groups in total. The summed E-state index contributed by atoms with van der Waals surface area (Å²) >= 11 is 7.28. The van der Waals surface area contributed by atoms with E-state index in [1.54, 1.807) is 23.9 Å². The van der Waals surface area contributed by atoms with Crippen LogP contribution >= 0.6 is 23.4 Å². The number of carbonyl (C=O) groups is 4. The summed E-state index contributed by atoms with van der Waals surface area (Å²) < 4.78 is 17.3. The molecule has 13 nitrogen and oxygen atoms in total. The third kappa shape index (κ3) is 15.7. The number of aryl methyl sites for hydroxylation is 1. The molecule has 2 aliphatic heterocycles. The molecule has 0 aromatic heterocycles. The van der Waals surface area contributed by atoms with Gasteiger partial charge < -0.3 is 29.9 Å². The lowest BCUT2D eigenvalue weighted by molar-refractivity contribution is -0.128. The summed E-state index contributed by atoms with van der Waals surface area (Å²) in [6.45, 7) is 18.0. The van der Waals surface area contributed by atoms with Crippen LogP contribution in [0, 0.1) is 6.92 Å². The van der Waals surface area contributed by atoms with E-state index in [9.17, 15) is 23.7 Å². The number of thioether (sulfide) groups is 1. The average Bonchev–Trinajstić information content (AvgIpc) is 3.73. The Hall–Kier alpha value is -6.39. The zero-order valence-corrected chi connectivity index (χ0v) is 49.5. The fourth-order valence-electron chi connectivity index (χ4n) is 9.51. The Kier molecular flexibility index (Phi) is 22.6. The Balaban J connectivity index is 1.25. The second kappa shape index (κ2) is 29.0. The first-order chi connectivity index (χ1) is 37.4. The highest BCUT2D eigenvalue weighted by Crippen LogP contribution is 2.39. The van der Waals surface area contributed by atoms with Crippen LogP contribution in [0.2, 0.25) is 5.02 Å². The van der Waals surface area contributed by atoms with Gasteiger partial charge in [0, 0.05) is 110 Å². The topological polar surface area (TPSA) is 167 Å². The van der Waals surface area contributed by atoms with Crippen LogP contribution in [0.15, 0.2) is 93.2 Å². The number of benzene rings is 4. The van der Waals surface area contributed by atoms with Crippen LogP contribution < -0.4 is 10.5 Å². The van der Waals surface area contributed by atoms with Crippen LogP contribution in [0.4, 0.5) is 11.4 Å². The first-order valence-electron chi connectivity index (χ1n) is 27.0. The van der Waals surface area contributed by atoms with Gasteiger partial charge in [0.15, 0.2) is 18.4 Å². The van der Waals surface area contributed by atoms with Gasteiger partial charge in [0.2, 0.25) is 11.8 Å². The summed E-state index contributed by atoms with van der Waals surface area (Å²) in [5.74, 6) is 1.78. The minimum Gasteiger partial charge on any atom is -0.593 e. The lowest BCUT2D eigenvalue weighted by atomic mass is 9.94. The predicted molar refractivity (Wildman–Crippen MR) is 329 cm³/mol. The van der Waals surface area contributed by atoms with Gasteiger partial charge >= 0.3 is 0 Å². The molecule has 78 heavy (non-hydrogen) atoms. The first kappa shape index (κ1) is 60.8. The van der Waals surface area contributed by atoms with Crippen LogP contribution in [-0.2, 0) is 21.0 Å². The Morgan fingerprint density at radius 3 is 1.68 bits per heavy atom. The number of nitrogens with one attached hydrogen (secondary N) is 1. The van der Waals surface area contributed by atoms with Crippen LogP contribution in [0.25, 0.3) is 46.6 Å². The van der Waals surface area contributed by atoms with Crippen molar-refractivity contribution in [3.63, 3.8) is 0 Å². The fourth-order valence-corrected chi connectivity index (χ4v) is 11.2. The molecule has 0 saturated heterocycles. The van der Waals surface area contributed by atoms with Crippen molar-refractivity contribution in [3.05, 3.63) is 127 Å². The number of nitrogens with two attached hydrogens (primary N) is 1. The number of nitrogens with zero attached hydrogens (tertiary/aromatic N) is 6. The number of aldehydes is 2. The summed E-state index contributed by atoms with van der Waals surface area (Å²) in [6, 6.07) is 19.2. The first-order valence-corrected chi connectivity index (χ1v) is 30.0. The summed E-state index contributed by atoms with van der Waals surface area (Å²) in [5.41, 5.74) is 18.9. The highest BCUT2D eigenvalue weighted by molar-refractivity contribution is 7.98. The SMILES string of the molecule is CCCN(CCC)C(=O)C1=Cc2c(C)cc(-c3ccc(C=O)c(/C=C(/C)N(C)CC[S+]([O-])NC4=Nc5cc(-c6ccc(C=O)c(/C=C(/C)N(C)CCSC)c6)cc(Cl)c5C=C(C(=O)N(CCC)CCC)C4)c3)cc2N=C(N)C1. The van der Waals surface area contributed by atoms with Gasteiger partial charge in [-0.05, 0) is 146 Å². The van der Waals surface area contributed by atoms with Crippen LogP contribution in [0.3, 0.4) is 0 Å². The number of hydrogen-bond acceptors (Lipinski definition) is 12. The maximum Gasteiger partial charge on any atom is 0.250 e. The number of rotatable bonds is 25. The Labute approximate surface area is 475 Å². The summed E-state index contributed by atoms with van der Waals surface area (Å²) in [6.07, 6.45) is 15.2. The number of carbonyl (C=O) groups excluding carboxylic acids is 4. The van der Waals surface area contributed by atoms with Crippen LogP contribution in [0.1, 0.15) is 129 Å². The van der Waals surface area contributed by atoms with Gasteiger partial charge in [0.25, 0.3) is 0 Å². The van der Waals surface area contributed by atoms with Crippen molar-refractivity contribution in [2.24, 2.45) is 15.7 Å². The van der Waals surface area contributed by atoms with Crippen LogP contribution in [-0.4, -0.2) is 131 Å². The number of halogens is 1. The minimum absolute atomic E-state index is 0.0160. The lowest BCUT2D eigenvalue weighted by Gasteiger charge is -2.23. The minimum atomic E-state index is -1.63. The standard InChI is InChI=1S/C62H77ClN8O5S2/c1-11-19-70(20-12-2)61(74)52-32-54-41(5)27-48(35-57(54)65-59(64)37-52)44-15-17-46(39-72)50(30-44)29-43(7)69(9)24-26-78(76)67-60-38-53(62(75)71(21-13-3)22-14-4)33-55-56(63)34-51(36-58(55)66-60)45-16-18-47(40-73)49(31-45)28-42(6)68(8)23-25-77-10/h15-18,27-36,39-40H,11-14,19-26,37-38H2,1-10H3,(H2,64,65)(H,66,67)/b42-28-,43-29-. The molecule has 0 spiro atoms. The molecule has 0 radical (unpaired) electrons. The van der Waals surface area contributed by atoms with Crippen molar-refractivity contribution in [3.8, 4) is 22.3 Å². The third-order valence-electron chi connectivity index (χ3n) is 14.0. The van der Waals surface area contributed by atoms with Crippen molar-refractivity contribution in [2.45, 2.75) is 87.0 Å². The molecule has 0 saturated carbocycles. The number of fused-ring (bicyclic) bond motifs is 2. The van der Waals surface area contributed by atoms with Gasteiger partial charge in [-0.15, -0.1) is 0 Å². The van der Waals surface area contributed by atoms with E-state index in [4.69, 9.17) is 27.3 Å². The Bertz CT molecular complexity index is 3040. The molecule has 6 rings (SSSR count). The second-order valence-corrected chi connectivity index (χ2v) is 22.7. The second-order valence-electron chi connectivity index (χ2n) is 20.0. The number of amides is 2. The van der Waals surface area contributed by atoms with E-state index in [1.807, 2.05) is 130 Å². The third-order valence-corrected chi connectivity index (χ3v) is 15.9. The molecule has 1 atom stereocenters. The molecule has 0 bridgehead atoms. The van der Waals surface area contributed by atoms with Gasteiger partial charge in [-0.1, -0.05) is 69.6 Å². The van der Waals surface area contributed by atoms with Crippen molar-refractivity contribution >= 4 is 106 Å². The van der Waals surface area contributed by atoms with E-state index >= 15 is 0 Å². The Morgan fingerprint density at radius 1 is 0.679 bits per heavy atom. The monoisotopic (exact) mass is 1110 g/mol. The highest BCUT2D eigenvalue weighted by atomic mass is 35.5. The van der Waals surface area contributed by atoms with Gasteiger partial charge in [-0.3, -0.25) is 19.2 Å².